The van der Waals surface area contributed by atoms with Crippen molar-refractivity contribution in [2.75, 3.05) is 27.9 Å². The summed E-state index contributed by atoms with van der Waals surface area (Å²) in [6.45, 7) is 2.74. The van der Waals surface area contributed by atoms with Gasteiger partial charge in [-0.05, 0) is 48.4 Å². The molecular weight excluding hydrogens is 484 g/mol. The predicted molar refractivity (Wildman–Crippen MR) is 146 cm³/mol. The first-order valence-corrected chi connectivity index (χ1v) is 12.7. The summed E-state index contributed by atoms with van der Waals surface area (Å²) in [6.07, 6.45) is 3.48. The normalized spacial score (nSPS) is 10.6. The summed E-state index contributed by atoms with van der Waals surface area (Å²) in [5.74, 6) is 1.11. The Morgan fingerprint density at radius 2 is 1.24 bits per heavy atom. The second-order valence-corrected chi connectivity index (χ2v) is 8.60. The Morgan fingerprint density at radius 1 is 0.684 bits per heavy atom. The number of para-hydroxylation sites is 2. The fraction of sp³-hybridized carbons (Fsp3) is 0.333. The minimum Gasteiger partial charge on any atom is -0.496 e. The molecular formula is C30H36N2O6. The van der Waals surface area contributed by atoms with Crippen molar-refractivity contribution in [3.8, 4) is 23.0 Å². The summed E-state index contributed by atoms with van der Waals surface area (Å²) >= 11 is 0. The lowest BCUT2D eigenvalue weighted by atomic mass is 10.1. The molecule has 38 heavy (non-hydrogen) atoms. The highest BCUT2D eigenvalue weighted by Gasteiger charge is 2.23. The molecule has 0 aromatic heterocycles. The van der Waals surface area contributed by atoms with Crippen molar-refractivity contribution in [1.82, 2.24) is 10.6 Å². The first kappa shape index (κ1) is 28.4. The van der Waals surface area contributed by atoms with Crippen LogP contribution in [-0.2, 0) is 0 Å². The molecule has 202 valence electrons. The molecule has 3 aromatic carbocycles. The molecule has 0 unspecified atom stereocenters. The zero-order valence-electron chi connectivity index (χ0n) is 22.4. The first-order valence-electron chi connectivity index (χ1n) is 12.7. The third-order valence-corrected chi connectivity index (χ3v) is 6.03. The molecule has 2 N–H and O–H groups in total. The summed E-state index contributed by atoms with van der Waals surface area (Å²) in [5, 5.41) is 5.82. The van der Waals surface area contributed by atoms with Crippen LogP contribution in [0.2, 0.25) is 0 Å². The highest BCUT2D eigenvalue weighted by molar-refractivity contribution is 5.99. The van der Waals surface area contributed by atoms with Crippen LogP contribution < -0.4 is 29.6 Å². The number of amides is 2. The molecule has 0 radical (unpaired) electrons. The molecule has 0 spiro atoms. The molecule has 0 heterocycles. The zero-order chi connectivity index (χ0) is 27.3. The fourth-order valence-electron chi connectivity index (χ4n) is 3.98. The zero-order valence-corrected chi connectivity index (χ0v) is 22.4. The van der Waals surface area contributed by atoms with E-state index in [4.69, 9.17) is 18.9 Å². The van der Waals surface area contributed by atoms with Crippen molar-refractivity contribution in [3.05, 3.63) is 83.4 Å². The van der Waals surface area contributed by atoms with E-state index in [1.54, 1.807) is 73.8 Å². The maximum atomic E-state index is 13.3. The summed E-state index contributed by atoms with van der Waals surface area (Å²) < 4.78 is 22.2. The van der Waals surface area contributed by atoms with E-state index in [0.29, 0.717) is 46.3 Å². The van der Waals surface area contributed by atoms with Gasteiger partial charge < -0.3 is 29.6 Å². The molecule has 0 aliphatic carbocycles. The maximum Gasteiger partial charge on any atom is 0.256 e. The Balaban J connectivity index is 1.89. The number of benzene rings is 3. The Bertz CT molecular complexity index is 1150. The maximum absolute atomic E-state index is 13.3. The van der Waals surface area contributed by atoms with Gasteiger partial charge in [0.15, 0.2) is 11.5 Å². The van der Waals surface area contributed by atoms with E-state index in [-0.39, 0.29) is 0 Å². The predicted octanol–water partition coefficient (Wildman–Crippen LogP) is 5.53. The Labute approximate surface area is 224 Å². The number of hydrogen-bond donors (Lipinski definition) is 2. The number of methoxy groups -OCH3 is 3. The highest BCUT2D eigenvalue weighted by Crippen LogP contribution is 2.31. The van der Waals surface area contributed by atoms with Gasteiger partial charge in [0.05, 0.1) is 39.1 Å². The minimum absolute atomic E-state index is 0.338. The van der Waals surface area contributed by atoms with Crippen LogP contribution in [-0.4, -0.2) is 39.8 Å². The Kier molecular flexibility index (Phi) is 10.8. The number of unbranched alkanes of at least 4 members (excludes halogenated alkanes) is 3. The molecule has 0 saturated carbocycles. The van der Waals surface area contributed by atoms with Crippen LogP contribution in [0.3, 0.4) is 0 Å². The summed E-state index contributed by atoms with van der Waals surface area (Å²) in [5.41, 5.74) is 1.28. The van der Waals surface area contributed by atoms with Crippen LogP contribution in [0.1, 0.15) is 65.1 Å². The Morgan fingerprint density at radius 3 is 1.76 bits per heavy atom. The van der Waals surface area contributed by atoms with Crippen molar-refractivity contribution in [1.29, 1.82) is 0 Å². The largest absolute Gasteiger partial charge is 0.496 e. The second kappa shape index (κ2) is 14.5. The molecule has 0 fully saturated rings. The van der Waals surface area contributed by atoms with Crippen LogP contribution >= 0.6 is 0 Å². The van der Waals surface area contributed by atoms with E-state index >= 15 is 0 Å². The quantitative estimate of drug-likeness (QED) is 0.214. The number of hydrogen-bond acceptors (Lipinski definition) is 6. The smallest absolute Gasteiger partial charge is 0.256 e. The lowest BCUT2D eigenvalue weighted by molar-refractivity contribution is 0.0880. The van der Waals surface area contributed by atoms with Gasteiger partial charge in [-0.15, -0.1) is 0 Å². The molecule has 0 atom stereocenters. The van der Waals surface area contributed by atoms with Crippen LogP contribution in [0.5, 0.6) is 23.0 Å². The third-order valence-electron chi connectivity index (χ3n) is 6.03. The third kappa shape index (κ3) is 7.41. The first-order chi connectivity index (χ1) is 18.5. The monoisotopic (exact) mass is 520 g/mol. The van der Waals surface area contributed by atoms with Gasteiger partial charge in [-0.25, -0.2) is 0 Å². The van der Waals surface area contributed by atoms with Crippen molar-refractivity contribution in [3.63, 3.8) is 0 Å². The topological polar surface area (TPSA) is 95.1 Å². The van der Waals surface area contributed by atoms with Crippen LogP contribution in [0, 0.1) is 0 Å². The minimum atomic E-state index is -0.891. The van der Waals surface area contributed by atoms with E-state index in [2.05, 4.69) is 17.6 Å². The van der Waals surface area contributed by atoms with Crippen molar-refractivity contribution in [2.24, 2.45) is 0 Å². The SMILES string of the molecule is CCCCCCOc1ccc(C(NC(=O)c2ccccc2OC)NC(=O)c2ccccc2OC)cc1OC. The number of carbonyl (C=O) groups is 2. The highest BCUT2D eigenvalue weighted by atomic mass is 16.5. The standard InChI is InChI=1S/C30H36N2O6/c1-5-6-7-12-19-38-26-18-17-21(20-27(26)37-4)28(31-29(33)22-13-8-10-15-24(22)35-2)32-30(34)23-14-9-11-16-25(23)36-3/h8-11,13-18,20,28H,5-7,12,19H2,1-4H3,(H,31,33)(H,32,34). The van der Waals surface area contributed by atoms with Gasteiger partial charge in [-0.2, -0.15) is 0 Å². The van der Waals surface area contributed by atoms with Gasteiger partial charge in [0.2, 0.25) is 0 Å². The van der Waals surface area contributed by atoms with Crippen LogP contribution in [0.25, 0.3) is 0 Å². The Hall–Kier alpha value is -4.20. The molecule has 0 saturated heterocycles. The van der Waals surface area contributed by atoms with Crippen LogP contribution in [0.15, 0.2) is 66.7 Å². The molecule has 8 nitrogen and oxygen atoms in total. The average Bonchev–Trinajstić information content (AvgIpc) is 2.96. The molecule has 0 aliphatic rings. The summed E-state index contributed by atoms with van der Waals surface area (Å²) in [4.78, 5) is 26.6. The van der Waals surface area contributed by atoms with Crippen LogP contribution in [0.4, 0.5) is 0 Å². The second-order valence-electron chi connectivity index (χ2n) is 8.60. The van der Waals surface area contributed by atoms with E-state index in [1.807, 2.05) is 0 Å². The van der Waals surface area contributed by atoms with Crippen molar-refractivity contribution < 1.29 is 28.5 Å². The van der Waals surface area contributed by atoms with E-state index in [0.717, 1.165) is 19.3 Å². The van der Waals surface area contributed by atoms with E-state index < -0.39 is 18.0 Å². The van der Waals surface area contributed by atoms with Crippen molar-refractivity contribution >= 4 is 11.8 Å². The van der Waals surface area contributed by atoms with E-state index in [9.17, 15) is 9.59 Å². The molecule has 2 amide bonds. The molecule has 0 bridgehead atoms. The van der Waals surface area contributed by atoms with Gasteiger partial charge in [0.1, 0.15) is 17.7 Å². The summed E-state index contributed by atoms with van der Waals surface area (Å²) in [7, 11) is 4.55. The van der Waals surface area contributed by atoms with E-state index in [1.165, 1.54) is 20.6 Å². The van der Waals surface area contributed by atoms with Gasteiger partial charge in [0.25, 0.3) is 11.8 Å². The van der Waals surface area contributed by atoms with Gasteiger partial charge in [-0.1, -0.05) is 56.5 Å². The fourth-order valence-corrected chi connectivity index (χ4v) is 3.98. The molecule has 0 aliphatic heterocycles. The molecule has 3 aromatic rings. The number of nitrogens with one attached hydrogen (secondary N) is 2. The number of ether oxygens (including phenoxy) is 4. The van der Waals surface area contributed by atoms with Gasteiger partial charge in [0, 0.05) is 0 Å². The van der Waals surface area contributed by atoms with Gasteiger partial charge in [-0.3, -0.25) is 9.59 Å². The average molecular weight is 521 g/mol. The molecule has 8 heteroatoms. The lowest BCUT2D eigenvalue weighted by Crippen LogP contribution is -2.41. The molecule has 3 rings (SSSR count). The lowest BCUT2D eigenvalue weighted by Gasteiger charge is -2.23. The number of rotatable bonds is 14. The van der Waals surface area contributed by atoms with Crippen molar-refractivity contribution in [2.45, 2.75) is 38.8 Å². The summed E-state index contributed by atoms with van der Waals surface area (Å²) in [6, 6.07) is 19.1. The van der Waals surface area contributed by atoms with Gasteiger partial charge >= 0.3 is 0 Å². The number of carbonyl (C=O) groups excluding carboxylic acids is 2.